The van der Waals surface area contributed by atoms with Crippen LogP contribution in [-0.2, 0) is 33.3 Å². The van der Waals surface area contributed by atoms with E-state index in [4.69, 9.17) is 23.7 Å². The van der Waals surface area contributed by atoms with Gasteiger partial charge in [-0.1, -0.05) is 0 Å². The molecule has 39 heavy (non-hydrogen) atoms. The van der Waals surface area contributed by atoms with Crippen molar-refractivity contribution in [2.24, 2.45) is 0 Å². The highest BCUT2D eigenvalue weighted by Gasteiger charge is 2.69. The number of rotatable bonds is 8. The van der Waals surface area contributed by atoms with Crippen molar-refractivity contribution in [3.05, 3.63) is 0 Å². The Labute approximate surface area is 222 Å². The number of aliphatic hydroxyl groups is 7. The van der Waals surface area contributed by atoms with Gasteiger partial charge in [0.05, 0.1) is 19.3 Å². The van der Waals surface area contributed by atoms with Crippen LogP contribution >= 0.6 is 0 Å². The zero-order valence-electron chi connectivity index (χ0n) is 21.5. The number of amides is 2. The highest BCUT2D eigenvalue weighted by molar-refractivity contribution is 5.74. The van der Waals surface area contributed by atoms with Crippen molar-refractivity contribution in [3.63, 3.8) is 0 Å². The van der Waals surface area contributed by atoms with Gasteiger partial charge in [0.25, 0.3) is 0 Å². The lowest BCUT2D eigenvalue weighted by atomic mass is 9.94. The molecule has 0 spiro atoms. The molecule has 4 heterocycles. The first kappa shape index (κ1) is 30.4. The molecule has 17 heteroatoms. The summed E-state index contributed by atoms with van der Waals surface area (Å²) in [4.78, 5) is 23.6. The molecule has 0 aromatic heterocycles. The molecule has 0 aromatic rings. The fourth-order valence-electron chi connectivity index (χ4n) is 5.12. The zero-order chi connectivity index (χ0) is 28.8. The van der Waals surface area contributed by atoms with Crippen LogP contribution in [0.4, 0.5) is 0 Å². The lowest BCUT2D eigenvalue weighted by Crippen LogP contribution is -2.68. The molecular weight excluding hydrogens is 530 g/mol. The summed E-state index contributed by atoms with van der Waals surface area (Å²) in [5.74, 6) is -1.09. The molecule has 17 nitrogen and oxygen atoms in total. The van der Waals surface area contributed by atoms with E-state index in [0.29, 0.717) is 0 Å². The summed E-state index contributed by atoms with van der Waals surface area (Å²) in [6.45, 7) is 2.75. The normalized spacial score (nSPS) is 49.6. The quantitative estimate of drug-likeness (QED) is 0.122. The highest BCUT2D eigenvalue weighted by Crippen LogP contribution is 2.40. The second kappa shape index (κ2) is 11.7. The number of ether oxygens (including phenoxy) is 5. The van der Waals surface area contributed by atoms with Gasteiger partial charge in [0.15, 0.2) is 18.2 Å². The number of carbonyl (C=O) groups excluding carboxylic acids is 2. The maximum atomic E-state index is 11.8. The molecule has 224 valence electrons. The number of aliphatic hydroxyl groups excluding tert-OH is 7. The number of hydrogen-bond donors (Lipinski definition) is 10. The van der Waals surface area contributed by atoms with E-state index in [1.54, 1.807) is 0 Å². The smallest absolute Gasteiger partial charge is 0.218 e. The van der Waals surface area contributed by atoms with Crippen molar-refractivity contribution in [1.29, 1.82) is 0 Å². The molecule has 0 bridgehead atoms. The predicted molar refractivity (Wildman–Crippen MR) is 123 cm³/mol. The second-order valence-electron chi connectivity index (χ2n) is 10.2. The Morgan fingerprint density at radius 2 is 1.56 bits per heavy atom. The van der Waals surface area contributed by atoms with Gasteiger partial charge in [-0.25, -0.2) is 0 Å². The Hall–Kier alpha value is -1.58. The van der Waals surface area contributed by atoms with Crippen LogP contribution in [0.1, 0.15) is 20.8 Å². The molecule has 2 amide bonds. The SMILES string of the molecule is CC(=O)N[C@H]1[C@H](O[C@@H]2[C@@H](CO[C@H]3O[C@@H](C)[C@@H](O)[C@@H](O)[C@@H]3O)O[C@@H]3N[C@@]3(NC(C)=O)[C@H]2O)O[C@H](CO)[C@@H](O)[C@@H]1O. The van der Waals surface area contributed by atoms with Crippen molar-refractivity contribution in [3.8, 4) is 0 Å². The second-order valence-corrected chi connectivity index (χ2v) is 10.2. The van der Waals surface area contributed by atoms with Gasteiger partial charge >= 0.3 is 0 Å². The Morgan fingerprint density at radius 3 is 2.18 bits per heavy atom. The van der Waals surface area contributed by atoms with Gasteiger partial charge < -0.3 is 70.1 Å². The van der Waals surface area contributed by atoms with E-state index in [2.05, 4.69) is 16.0 Å². The summed E-state index contributed by atoms with van der Waals surface area (Å²) in [6.07, 6.45) is -17.7. The van der Waals surface area contributed by atoms with Crippen molar-refractivity contribution < 1.29 is 69.0 Å². The summed E-state index contributed by atoms with van der Waals surface area (Å²) in [6, 6.07) is -1.34. The molecule has 0 radical (unpaired) electrons. The molecule has 4 fully saturated rings. The first-order valence-electron chi connectivity index (χ1n) is 12.6. The van der Waals surface area contributed by atoms with Crippen LogP contribution in [0, 0.1) is 0 Å². The molecule has 4 aliphatic rings. The van der Waals surface area contributed by atoms with Crippen LogP contribution < -0.4 is 16.0 Å². The molecule has 0 saturated carbocycles. The molecule has 0 aromatic carbocycles. The summed E-state index contributed by atoms with van der Waals surface area (Å²) >= 11 is 0. The van der Waals surface area contributed by atoms with E-state index in [-0.39, 0.29) is 0 Å². The monoisotopic (exact) mass is 567 g/mol. The summed E-state index contributed by atoms with van der Waals surface area (Å²) in [5.41, 5.74) is -1.45. The topological polar surface area (TPSA) is 268 Å². The minimum absolute atomic E-state index is 0.403. The summed E-state index contributed by atoms with van der Waals surface area (Å²) in [7, 11) is 0. The zero-order valence-corrected chi connectivity index (χ0v) is 21.5. The Morgan fingerprint density at radius 1 is 0.872 bits per heavy atom. The van der Waals surface area contributed by atoms with Crippen LogP contribution in [0.5, 0.6) is 0 Å². The summed E-state index contributed by atoms with van der Waals surface area (Å²) in [5, 5.41) is 79.9. The van der Waals surface area contributed by atoms with E-state index in [1.165, 1.54) is 13.8 Å². The predicted octanol–water partition coefficient (Wildman–Crippen LogP) is -6.32. The number of carbonyl (C=O) groups is 2. The molecule has 4 aliphatic heterocycles. The average molecular weight is 568 g/mol. The third-order valence-electron chi connectivity index (χ3n) is 7.31. The largest absolute Gasteiger partial charge is 0.394 e. The van der Waals surface area contributed by atoms with Crippen LogP contribution in [0.3, 0.4) is 0 Å². The minimum Gasteiger partial charge on any atom is -0.394 e. The Bertz CT molecular complexity index is 900. The Kier molecular flexibility index (Phi) is 9.14. The van der Waals surface area contributed by atoms with Gasteiger partial charge in [0.1, 0.15) is 67.2 Å². The van der Waals surface area contributed by atoms with E-state index in [9.17, 15) is 45.3 Å². The van der Waals surface area contributed by atoms with Gasteiger partial charge in [-0.3, -0.25) is 14.9 Å². The van der Waals surface area contributed by atoms with Crippen LogP contribution in [0.25, 0.3) is 0 Å². The van der Waals surface area contributed by atoms with Crippen molar-refractivity contribution in [2.45, 2.75) is 112 Å². The molecule has 4 saturated heterocycles. The van der Waals surface area contributed by atoms with E-state index >= 15 is 0 Å². The highest BCUT2D eigenvalue weighted by atomic mass is 16.7. The van der Waals surface area contributed by atoms with Crippen LogP contribution in [0.15, 0.2) is 0 Å². The molecule has 0 aliphatic carbocycles. The summed E-state index contributed by atoms with van der Waals surface area (Å²) < 4.78 is 28.6. The molecule has 0 unspecified atom stereocenters. The molecule has 4 rings (SSSR count). The standard InChI is InChI=1S/C22H37N3O14/c1-6-12(29)15(32)16(33)20(36-6)35-5-10-17(18(34)22(24-8(3)28)21(25-22)38-10)39-19-11(23-7(2)27)14(31)13(30)9(4-26)37-19/h6,9-21,25-26,29-34H,4-5H2,1-3H3,(H,23,27)(H,24,28)/t6-,9+,10+,11+,12+,13+,14+,15+,16-,17+,18-,19-,20-,21-,22-/m0/s1. The van der Waals surface area contributed by atoms with Gasteiger partial charge in [-0.05, 0) is 6.92 Å². The van der Waals surface area contributed by atoms with Gasteiger partial charge in [-0.2, -0.15) is 0 Å². The first-order valence-corrected chi connectivity index (χ1v) is 12.6. The maximum Gasteiger partial charge on any atom is 0.218 e. The maximum absolute atomic E-state index is 11.8. The lowest BCUT2D eigenvalue weighted by molar-refractivity contribution is -0.323. The van der Waals surface area contributed by atoms with Crippen molar-refractivity contribution in [1.82, 2.24) is 16.0 Å². The van der Waals surface area contributed by atoms with Crippen LogP contribution in [0.2, 0.25) is 0 Å². The number of nitrogens with one attached hydrogen (secondary N) is 3. The third kappa shape index (κ3) is 5.91. The fourth-order valence-corrected chi connectivity index (χ4v) is 5.12. The van der Waals surface area contributed by atoms with E-state index < -0.39 is 117 Å². The molecular formula is C22H37N3O14. The molecule has 10 N–H and O–H groups in total. The Balaban J connectivity index is 1.56. The minimum atomic E-state index is -1.63. The fraction of sp³-hybridized carbons (Fsp3) is 0.909. The number of fused-ring (bicyclic) bond motifs is 1. The molecule has 15 atom stereocenters. The first-order chi connectivity index (χ1) is 18.3. The lowest BCUT2D eigenvalue weighted by Gasteiger charge is -2.46. The van der Waals surface area contributed by atoms with Crippen LogP contribution in [-0.4, -0.2) is 152 Å². The third-order valence-corrected chi connectivity index (χ3v) is 7.31. The van der Waals surface area contributed by atoms with Crippen molar-refractivity contribution >= 4 is 11.8 Å². The van der Waals surface area contributed by atoms with Gasteiger partial charge in [0, 0.05) is 13.8 Å². The average Bonchev–Trinajstić information content (AvgIpc) is 3.58. The van der Waals surface area contributed by atoms with Gasteiger partial charge in [-0.15, -0.1) is 0 Å². The number of hydrogen-bond acceptors (Lipinski definition) is 15. The van der Waals surface area contributed by atoms with Crippen molar-refractivity contribution in [2.75, 3.05) is 13.2 Å². The van der Waals surface area contributed by atoms with E-state index in [0.717, 1.165) is 6.92 Å². The van der Waals surface area contributed by atoms with E-state index in [1.807, 2.05) is 0 Å². The van der Waals surface area contributed by atoms with Gasteiger partial charge in [0.2, 0.25) is 11.8 Å².